The second-order valence-electron chi connectivity index (χ2n) is 8.68. The van der Waals surface area contributed by atoms with E-state index in [2.05, 4.69) is 10.1 Å². The lowest BCUT2D eigenvalue weighted by Crippen LogP contribution is -2.35. The zero-order valence-corrected chi connectivity index (χ0v) is 22.7. The van der Waals surface area contributed by atoms with E-state index in [0.29, 0.717) is 29.5 Å². The number of para-hydroxylation sites is 2. The molecule has 2 heterocycles. The number of nitrogens with zero attached hydrogens (tertiary/aromatic N) is 3. The van der Waals surface area contributed by atoms with Crippen molar-refractivity contribution in [2.75, 3.05) is 19.5 Å². The number of aromatic nitrogens is 3. The van der Waals surface area contributed by atoms with E-state index in [-0.39, 0.29) is 13.2 Å². The second-order valence-corrected chi connectivity index (χ2v) is 10.3. The fraction of sp³-hybridized carbons (Fsp3) is 0.346. The topological polar surface area (TPSA) is 140 Å². The molecule has 0 fully saturated rings. The zero-order chi connectivity index (χ0) is 27.3. The third kappa shape index (κ3) is 6.14. The number of ether oxygens (including phenoxy) is 2. The van der Waals surface area contributed by atoms with Gasteiger partial charge in [-0.25, -0.2) is 14.5 Å². The van der Waals surface area contributed by atoms with Crippen LogP contribution in [0.3, 0.4) is 0 Å². The molecule has 0 aliphatic heterocycles. The first-order valence-corrected chi connectivity index (χ1v) is 13.8. The van der Waals surface area contributed by atoms with E-state index in [1.54, 1.807) is 37.3 Å². The maximum atomic E-state index is 13.9. The number of carbonyl (C=O) groups is 1. The molecule has 3 atom stereocenters. The van der Waals surface area contributed by atoms with Gasteiger partial charge in [0.05, 0.1) is 30.8 Å². The number of fused-ring (bicyclic) bond motifs is 3. The normalized spacial score (nSPS) is 14.7. The quantitative estimate of drug-likeness (QED) is 0.195. The van der Waals surface area contributed by atoms with E-state index in [4.69, 9.17) is 29.2 Å². The van der Waals surface area contributed by atoms with Crippen LogP contribution in [-0.4, -0.2) is 46.4 Å². The Morgan fingerprint density at radius 3 is 2.53 bits per heavy atom. The lowest BCUT2D eigenvalue weighted by molar-refractivity contribution is -0.142. The molecule has 0 amide bonds. The maximum Gasteiger partial charge on any atom is 0.459 e. The van der Waals surface area contributed by atoms with Gasteiger partial charge in [-0.3, -0.25) is 9.32 Å². The lowest BCUT2D eigenvalue weighted by atomic mass is 10.2. The van der Waals surface area contributed by atoms with Crippen molar-refractivity contribution in [3.05, 3.63) is 60.4 Å². The van der Waals surface area contributed by atoms with Crippen LogP contribution in [0, 0.1) is 0 Å². The fourth-order valence-corrected chi connectivity index (χ4v) is 5.77. The molecule has 0 aliphatic rings. The molecule has 0 saturated carbocycles. The van der Waals surface area contributed by atoms with Crippen LogP contribution in [-0.2, 0) is 36.5 Å². The molecule has 0 radical (unpaired) electrons. The predicted octanol–water partition coefficient (Wildman–Crippen LogP) is 4.45. The van der Waals surface area contributed by atoms with Gasteiger partial charge in [-0.15, -0.1) is 0 Å². The summed E-state index contributed by atoms with van der Waals surface area (Å²) >= 11 is 0. The van der Waals surface area contributed by atoms with E-state index < -0.39 is 25.9 Å². The number of nitrogen functional groups attached to an aromatic ring is 1. The average molecular weight is 542 g/mol. The van der Waals surface area contributed by atoms with Gasteiger partial charge in [-0.1, -0.05) is 36.4 Å². The summed E-state index contributed by atoms with van der Waals surface area (Å²) in [5.74, 6) is 0.641. The zero-order valence-electron chi connectivity index (χ0n) is 21.8. The minimum atomic E-state index is -4.05. The molecule has 0 unspecified atom stereocenters. The molecule has 2 aromatic heterocycles. The Morgan fingerprint density at radius 1 is 1.11 bits per heavy atom. The Bertz CT molecular complexity index is 1460. The summed E-state index contributed by atoms with van der Waals surface area (Å²) in [6, 6.07) is 15.3. The first kappa shape index (κ1) is 27.5. The maximum absolute atomic E-state index is 13.9. The number of imidazole rings is 1. The number of anilines is 1. The third-order valence-electron chi connectivity index (χ3n) is 5.76. The van der Waals surface area contributed by atoms with Gasteiger partial charge in [-0.2, -0.15) is 5.09 Å². The molecule has 2 aromatic carbocycles. The number of hydrogen-bond acceptors (Lipinski definition) is 9. The monoisotopic (exact) mass is 541 g/mol. The van der Waals surface area contributed by atoms with E-state index in [1.165, 1.54) is 14.0 Å². The van der Waals surface area contributed by atoms with Crippen molar-refractivity contribution >= 4 is 41.5 Å². The van der Waals surface area contributed by atoms with Crippen LogP contribution in [0.15, 0.2) is 54.6 Å². The summed E-state index contributed by atoms with van der Waals surface area (Å²) < 4.78 is 38.0. The summed E-state index contributed by atoms with van der Waals surface area (Å²) in [5, 5.41) is 3.55. The van der Waals surface area contributed by atoms with E-state index in [1.807, 2.05) is 35.8 Å². The van der Waals surface area contributed by atoms with Crippen LogP contribution in [0.2, 0.25) is 0 Å². The van der Waals surface area contributed by atoms with Gasteiger partial charge >= 0.3 is 13.7 Å². The molecular formula is C26H32N5O6P. The number of nitrogens with two attached hydrogens (primary N) is 1. The highest BCUT2D eigenvalue weighted by Crippen LogP contribution is 2.46. The van der Waals surface area contributed by atoms with Crippen molar-refractivity contribution in [1.82, 2.24) is 19.6 Å². The number of methoxy groups -OCH3 is 1. The third-order valence-corrected chi connectivity index (χ3v) is 7.55. The number of rotatable bonds is 12. The van der Waals surface area contributed by atoms with Crippen LogP contribution < -0.4 is 15.3 Å². The van der Waals surface area contributed by atoms with Crippen molar-refractivity contribution in [3.63, 3.8) is 0 Å². The van der Waals surface area contributed by atoms with Crippen LogP contribution in [0.4, 0.5) is 5.82 Å². The molecule has 0 spiro atoms. The van der Waals surface area contributed by atoms with Crippen molar-refractivity contribution in [1.29, 1.82) is 0 Å². The number of benzene rings is 2. The SMILES string of the molecule is CCOCc1nc2c(N)nc3ccccc3c2n1C[C@@H](C)O[P@@](=O)(N[C@@H](C)C(=O)OC)Oc1ccccc1. The minimum Gasteiger partial charge on any atom is -0.468 e. The van der Waals surface area contributed by atoms with Crippen molar-refractivity contribution < 1.29 is 27.9 Å². The molecule has 202 valence electrons. The standard InChI is InChI=1S/C26H32N5O6P/c1-5-35-16-22-29-23-24(20-13-9-10-14-21(20)28-25(23)27)31(22)15-17(2)36-38(33,30-18(3)26(32)34-4)37-19-11-7-6-8-12-19/h6-14,17-18H,5,15-16H2,1-4H3,(H2,27,28)(H,30,33)/t17-,18+,38+/m1/s1. The predicted molar refractivity (Wildman–Crippen MR) is 145 cm³/mol. The summed E-state index contributed by atoms with van der Waals surface area (Å²) in [7, 11) is -2.79. The molecule has 3 N–H and O–H groups in total. The molecular weight excluding hydrogens is 509 g/mol. The Morgan fingerprint density at radius 2 is 1.82 bits per heavy atom. The van der Waals surface area contributed by atoms with Gasteiger partial charge < -0.3 is 24.3 Å². The van der Waals surface area contributed by atoms with Crippen LogP contribution >= 0.6 is 7.75 Å². The molecule has 38 heavy (non-hydrogen) atoms. The number of hydrogen-bond donors (Lipinski definition) is 2. The molecule has 0 saturated heterocycles. The van der Waals surface area contributed by atoms with Crippen molar-refractivity contribution in [2.45, 2.75) is 46.1 Å². The van der Waals surface area contributed by atoms with Crippen LogP contribution in [0.25, 0.3) is 21.9 Å². The summed E-state index contributed by atoms with van der Waals surface area (Å²) in [5.41, 5.74) is 8.31. The minimum absolute atomic E-state index is 0.238. The molecule has 0 aliphatic carbocycles. The highest BCUT2D eigenvalue weighted by molar-refractivity contribution is 7.52. The summed E-state index contributed by atoms with van der Waals surface area (Å²) in [6.45, 7) is 6.15. The lowest BCUT2D eigenvalue weighted by Gasteiger charge is -2.26. The first-order valence-electron chi connectivity index (χ1n) is 12.2. The van der Waals surface area contributed by atoms with E-state index in [0.717, 1.165) is 16.4 Å². The summed E-state index contributed by atoms with van der Waals surface area (Å²) in [6.07, 6.45) is -0.659. The summed E-state index contributed by atoms with van der Waals surface area (Å²) in [4.78, 5) is 21.3. The number of esters is 1. The highest BCUT2D eigenvalue weighted by atomic mass is 31.2. The van der Waals surface area contributed by atoms with Gasteiger partial charge in [-0.05, 0) is 39.0 Å². The number of nitrogens with one attached hydrogen (secondary N) is 1. The van der Waals surface area contributed by atoms with Gasteiger partial charge in [0.2, 0.25) is 0 Å². The average Bonchev–Trinajstić information content (AvgIpc) is 3.25. The molecule has 0 bridgehead atoms. The van der Waals surface area contributed by atoms with Crippen LogP contribution in [0.1, 0.15) is 26.6 Å². The second kappa shape index (κ2) is 11.9. The highest BCUT2D eigenvalue weighted by Gasteiger charge is 2.34. The fourth-order valence-electron chi connectivity index (χ4n) is 4.10. The van der Waals surface area contributed by atoms with Gasteiger partial charge in [0.25, 0.3) is 0 Å². The van der Waals surface area contributed by atoms with Crippen molar-refractivity contribution in [3.8, 4) is 5.75 Å². The Balaban J connectivity index is 1.70. The van der Waals surface area contributed by atoms with Crippen LogP contribution in [0.5, 0.6) is 5.75 Å². The number of pyridine rings is 1. The first-order chi connectivity index (χ1) is 18.2. The molecule has 12 heteroatoms. The van der Waals surface area contributed by atoms with E-state index in [9.17, 15) is 9.36 Å². The molecule has 4 aromatic rings. The molecule has 4 rings (SSSR count). The Labute approximate surface area is 220 Å². The Hall–Kier alpha value is -3.50. The van der Waals surface area contributed by atoms with Gasteiger partial charge in [0, 0.05) is 12.0 Å². The molecule has 11 nitrogen and oxygen atoms in total. The van der Waals surface area contributed by atoms with Gasteiger partial charge in [0.1, 0.15) is 29.7 Å². The van der Waals surface area contributed by atoms with E-state index >= 15 is 0 Å². The number of carbonyl (C=O) groups excluding carboxylic acids is 1. The van der Waals surface area contributed by atoms with Crippen molar-refractivity contribution in [2.24, 2.45) is 0 Å². The largest absolute Gasteiger partial charge is 0.468 e. The Kier molecular flexibility index (Phi) is 8.63. The van der Waals surface area contributed by atoms with Gasteiger partial charge in [0.15, 0.2) is 5.82 Å². The smallest absolute Gasteiger partial charge is 0.459 e.